The summed E-state index contributed by atoms with van der Waals surface area (Å²) in [5.74, 6) is 0.816. The van der Waals surface area contributed by atoms with Crippen molar-refractivity contribution in [1.82, 2.24) is 0 Å². The molecule has 1 rings (SSSR count). The lowest BCUT2D eigenvalue weighted by Gasteiger charge is -2.13. The van der Waals surface area contributed by atoms with Crippen molar-refractivity contribution in [3.05, 3.63) is 18.2 Å². The Hall–Kier alpha value is -1.79. The summed E-state index contributed by atoms with van der Waals surface area (Å²) in [6, 6.07) is 4.37. The van der Waals surface area contributed by atoms with Crippen LogP contribution in [-0.4, -0.2) is 39.9 Å². The molecular weight excluding hydrogens is 236 g/mol. The van der Waals surface area contributed by atoms with E-state index in [4.69, 9.17) is 19.9 Å². The molecule has 0 aliphatic rings. The molecule has 1 atom stereocenters. The van der Waals surface area contributed by atoms with Gasteiger partial charge in [0.05, 0.1) is 20.8 Å². The Morgan fingerprint density at radius 2 is 1.94 bits per heavy atom. The van der Waals surface area contributed by atoms with Gasteiger partial charge in [-0.3, -0.25) is 4.79 Å². The quantitative estimate of drug-likeness (QED) is 0.777. The van der Waals surface area contributed by atoms with Gasteiger partial charge in [-0.2, -0.15) is 0 Å². The molecular formula is C12H18N2O4. The second kappa shape index (κ2) is 6.83. The van der Waals surface area contributed by atoms with Crippen LogP contribution in [0.4, 0.5) is 5.69 Å². The van der Waals surface area contributed by atoms with Crippen molar-refractivity contribution in [3.63, 3.8) is 0 Å². The molecule has 100 valence electrons. The highest BCUT2D eigenvalue weighted by atomic mass is 16.5. The fourth-order valence-electron chi connectivity index (χ4n) is 1.40. The number of carbonyl (C=O) groups is 1. The van der Waals surface area contributed by atoms with E-state index < -0.39 is 6.04 Å². The first-order chi connectivity index (χ1) is 8.62. The summed E-state index contributed by atoms with van der Waals surface area (Å²) in [6.07, 6.45) is 0. The van der Waals surface area contributed by atoms with E-state index in [1.807, 2.05) is 0 Å². The summed E-state index contributed by atoms with van der Waals surface area (Å²) in [4.78, 5) is 11.7. The highest BCUT2D eigenvalue weighted by Crippen LogP contribution is 2.29. The lowest BCUT2D eigenvalue weighted by molar-refractivity contribution is -0.118. The van der Waals surface area contributed by atoms with Crippen LogP contribution in [0, 0.1) is 0 Å². The number of hydrogen-bond acceptors (Lipinski definition) is 5. The van der Waals surface area contributed by atoms with Crippen LogP contribution >= 0.6 is 0 Å². The third-order valence-corrected chi connectivity index (χ3v) is 2.33. The molecule has 1 aromatic rings. The third-order valence-electron chi connectivity index (χ3n) is 2.33. The minimum absolute atomic E-state index is 0.166. The molecule has 6 heteroatoms. The maximum absolute atomic E-state index is 11.7. The molecule has 0 aliphatic heterocycles. The van der Waals surface area contributed by atoms with Gasteiger partial charge < -0.3 is 25.3 Å². The number of anilines is 1. The van der Waals surface area contributed by atoms with Crippen molar-refractivity contribution in [2.45, 2.75) is 6.04 Å². The minimum Gasteiger partial charge on any atom is -0.493 e. The van der Waals surface area contributed by atoms with Crippen LogP contribution < -0.4 is 20.5 Å². The Morgan fingerprint density at radius 1 is 1.28 bits per heavy atom. The predicted octanol–water partition coefficient (Wildman–Crippen LogP) is 0.616. The van der Waals surface area contributed by atoms with Crippen molar-refractivity contribution in [1.29, 1.82) is 0 Å². The molecule has 0 aromatic heterocycles. The van der Waals surface area contributed by atoms with E-state index >= 15 is 0 Å². The number of ether oxygens (including phenoxy) is 3. The molecule has 3 N–H and O–H groups in total. The smallest absolute Gasteiger partial charge is 0.243 e. The zero-order chi connectivity index (χ0) is 13.5. The van der Waals surface area contributed by atoms with E-state index in [0.29, 0.717) is 17.2 Å². The van der Waals surface area contributed by atoms with Crippen LogP contribution in [0.5, 0.6) is 11.5 Å². The Morgan fingerprint density at radius 3 is 2.50 bits per heavy atom. The monoisotopic (exact) mass is 254 g/mol. The maximum atomic E-state index is 11.7. The number of nitrogens with two attached hydrogens (primary N) is 1. The molecule has 0 heterocycles. The first kappa shape index (κ1) is 14.3. The molecule has 1 aromatic carbocycles. The van der Waals surface area contributed by atoms with E-state index in [0.717, 1.165) is 0 Å². The molecule has 0 saturated carbocycles. The molecule has 18 heavy (non-hydrogen) atoms. The van der Waals surface area contributed by atoms with Crippen LogP contribution in [0.15, 0.2) is 18.2 Å². The van der Waals surface area contributed by atoms with Crippen LogP contribution in [0.1, 0.15) is 0 Å². The second-order valence-corrected chi connectivity index (χ2v) is 3.62. The van der Waals surface area contributed by atoms with Gasteiger partial charge in [0.1, 0.15) is 6.04 Å². The van der Waals surface area contributed by atoms with Gasteiger partial charge in [-0.1, -0.05) is 0 Å². The predicted molar refractivity (Wildman–Crippen MR) is 68.0 cm³/mol. The van der Waals surface area contributed by atoms with Crippen LogP contribution in [0.2, 0.25) is 0 Å². The van der Waals surface area contributed by atoms with E-state index in [9.17, 15) is 4.79 Å². The van der Waals surface area contributed by atoms with Gasteiger partial charge >= 0.3 is 0 Å². The van der Waals surface area contributed by atoms with Gasteiger partial charge in [-0.15, -0.1) is 0 Å². The molecule has 0 saturated heterocycles. The number of hydrogen-bond donors (Lipinski definition) is 2. The molecule has 1 amide bonds. The zero-order valence-electron chi connectivity index (χ0n) is 10.7. The van der Waals surface area contributed by atoms with Gasteiger partial charge in [0.15, 0.2) is 11.5 Å². The standard InChI is InChI=1S/C12H18N2O4/c1-16-7-9(13)12(15)14-8-4-5-10(17-2)11(6-8)18-3/h4-6,9H,7,13H2,1-3H3,(H,14,15). The number of nitrogens with one attached hydrogen (secondary N) is 1. The Balaban J connectivity index is 2.76. The maximum Gasteiger partial charge on any atom is 0.243 e. The minimum atomic E-state index is -0.705. The first-order valence-corrected chi connectivity index (χ1v) is 5.39. The molecule has 0 radical (unpaired) electrons. The van der Waals surface area contributed by atoms with E-state index in [1.54, 1.807) is 25.3 Å². The third kappa shape index (κ3) is 3.61. The Kier molecular flexibility index (Phi) is 5.41. The molecule has 6 nitrogen and oxygen atoms in total. The highest BCUT2D eigenvalue weighted by Gasteiger charge is 2.14. The van der Waals surface area contributed by atoms with Crippen molar-refractivity contribution in [2.24, 2.45) is 5.73 Å². The number of benzene rings is 1. The number of carbonyl (C=O) groups excluding carboxylic acids is 1. The number of methoxy groups -OCH3 is 3. The van der Waals surface area contributed by atoms with Gasteiger partial charge in [-0.05, 0) is 12.1 Å². The summed E-state index contributed by atoms with van der Waals surface area (Å²) < 4.78 is 15.0. The molecule has 0 fully saturated rings. The van der Waals surface area contributed by atoms with Crippen molar-refractivity contribution in [3.8, 4) is 11.5 Å². The van der Waals surface area contributed by atoms with Crippen molar-refractivity contribution >= 4 is 11.6 Å². The summed E-state index contributed by atoms with van der Waals surface area (Å²) in [5, 5.41) is 2.67. The zero-order valence-corrected chi connectivity index (χ0v) is 10.7. The second-order valence-electron chi connectivity index (χ2n) is 3.62. The largest absolute Gasteiger partial charge is 0.493 e. The average molecular weight is 254 g/mol. The van der Waals surface area contributed by atoms with Gasteiger partial charge in [0.2, 0.25) is 5.91 Å². The lowest BCUT2D eigenvalue weighted by atomic mass is 10.2. The summed E-state index contributed by atoms with van der Waals surface area (Å²) >= 11 is 0. The van der Waals surface area contributed by atoms with E-state index in [2.05, 4.69) is 5.32 Å². The normalized spacial score (nSPS) is 11.8. The number of rotatable bonds is 6. The first-order valence-electron chi connectivity index (χ1n) is 5.39. The summed E-state index contributed by atoms with van der Waals surface area (Å²) in [7, 11) is 4.56. The van der Waals surface area contributed by atoms with E-state index in [-0.39, 0.29) is 12.5 Å². The fourth-order valence-corrected chi connectivity index (χ4v) is 1.40. The van der Waals surface area contributed by atoms with E-state index in [1.165, 1.54) is 14.2 Å². The van der Waals surface area contributed by atoms with Crippen LogP contribution in [0.3, 0.4) is 0 Å². The Labute approximate surface area is 106 Å². The van der Waals surface area contributed by atoms with Gasteiger partial charge in [-0.25, -0.2) is 0 Å². The number of amides is 1. The fraction of sp³-hybridized carbons (Fsp3) is 0.417. The van der Waals surface area contributed by atoms with Crippen LogP contribution in [0.25, 0.3) is 0 Å². The summed E-state index contributed by atoms with van der Waals surface area (Å²) in [6.45, 7) is 0.166. The average Bonchev–Trinajstić information content (AvgIpc) is 2.38. The molecule has 0 spiro atoms. The van der Waals surface area contributed by atoms with Gasteiger partial charge in [0.25, 0.3) is 0 Å². The highest BCUT2D eigenvalue weighted by molar-refractivity contribution is 5.95. The SMILES string of the molecule is COCC(N)C(=O)Nc1ccc(OC)c(OC)c1. The summed E-state index contributed by atoms with van der Waals surface area (Å²) in [5.41, 5.74) is 6.20. The molecule has 0 aliphatic carbocycles. The Bertz CT molecular complexity index is 409. The van der Waals surface area contributed by atoms with Crippen molar-refractivity contribution < 1.29 is 19.0 Å². The molecule has 1 unspecified atom stereocenters. The van der Waals surface area contributed by atoms with Gasteiger partial charge in [0, 0.05) is 18.9 Å². The molecule has 0 bridgehead atoms. The van der Waals surface area contributed by atoms with Crippen molar-refractivity contribution in [2.75, 3.05) is 33.3 Å². The van der Waals surface area contributed by atoms with Crippen LogP contribution in [-0.2, 0) is 9.53 Å². The topological polar surface area (TPSA) is 82.8 Å². The lowest BCUT2D eigenvalue weighted by Crippen LogP contribution is -2.39.